The Labute approximate surface area is 140 Å². The van der Waals surface area contributed by atoms with Gasteiger partial charge in [-0.05, 0) is 31.2 Å². The highest BCUT2D eigenvalue weighted by Crippen LogP contribution is 2.33. The molecule has 3 rings (SSSR count). The number of carbonyl (C=O) groups is 2. The molecular formula is C18H20N2O4. The van der Waals surface area contributed by atoms with E-state index in [-0.39, 0.29) is 18.2 Å². The van der Waals surface area contributed by atoms with Gasteiger partial charge in [0.25, 0.3) is 5.91 Å². The lowest BCUT2D eigenvalue weighted by Gasteiger charge is -2.33. The molecule has 6 heteroatoms. The number of hydrogen-bond donors (Lipinski definition) is 0. The average molecular weight is 328 g/mol. The SMILES string of the molecule is CC1Oc2ccccc2N(CCC(=O)N(C)Cc2ccco2)C1=O. The number of hydrogen-bond acceptors (Lipinski definition) is 4. The molecule has 1 aliphatic heterocycles. The molecule has 0 spiro atoms. The van der Waals surface area contributed by atoms with Crippen LogP contribution in [0.5, 0.6) is 5.75 Å². The molecule has 0 N–H and O–H groups in total. The number of anilines is 1. The Morgan fingerprint density at radius 1 is 1.25 bits per heavy atom. The van der Waals surface area contributed by atoms with Crippen molar-refractivity contribution in [1.82, 2.24) is 4.90 Å². The van der Waals surface area contributed by atoms with Crippen LogP contribution in [0.3, 0.4) is 0 Å². The second-order valence-electron chi connectivity index (χ2n) is 5.80. The molecule has 2 amide bonds. The highest BCUT2D eigenvalue weighted by molar-refractivity contribution is 6.00. The number of para-hydroxylation sites is 2. The van der Waals surface area contributed by atoms with Gasteiger partial charge in [-0.2, -0.15) is 0 Å². The fourth-order valence-corrected chi connectivity index (χ4v) is 2.71. The lowest BCUT2D eigenvalue weighted by Crippen LogP contribution is -2.45. The lowest BCUT2D eigenvalue weighted by molar-refractivity contribution is -0.130. The van der Waals surface area contributed by atoms with Gasteiger partial charge in [0.1, 0.15) is 11.5 Å². The summed E-state index contributed by atoms with van der Waals surface area (Å²) in [4.78, 5) is 27.9. The number of furan rings is 1. The Hall–Kier alpha value is -2.76. The summed E-state index contributed by atoms with van der Waals surface area (Å²) < 4.78 is 10.9. The van der Waals surface area contributed by atoms with Crippen molar-refractivity contribution in [3.8, 4) is 5.75 Å². The molecule has 1 aromatic heterocycles. The number of ether oxygens (including phenoxy) is 1. The highest BCUT2D eigenvalue weighted by Gasteiger charge is 2.31. The minimum Gasteiger partial charge on any atom is -0.479 e. The molecule has 2 heterocycles. The van der Waals surface area contributed by atoms with Crippen molar-refractivity contribution in [2.24, 2.45) is 0 Å². The summed E-state index contributed by atoms with van der Waals surface area (Å²) in [7, 11) is 1.72. The first-order valence-corrected chi connectivity index (χ1v) is 7.89. The average Bonchev–Trinajstić information content (AvgIpc) is 3.08. The van der Waals surface area contributed by atoms with Gasteiger partial charge >= 0.3 is 0 Å². The van der Waals surface area contributed by atoms with Gasteiger partial charge < -0.3 is 19.0 Å². The van der Waals surface area contributed by atoms with Gasteiger partial charge in [0, 0.05) is 20.0 Å². The Kier molecular flexibility index (Phi) is 4.55. The minimum atomic E-state index is -0.546. The number of rotatable bonds is 5. The predicted molar refractivity (Wildman–Crippen MR) is 88.7 cm³/mol. The van der Waals surface area contributed by atoms with Crippen molar-refractivity contribution in [2.45, 2.75) is 26.0 Å². The van der Waals surface area contributed by atoms with Crippen LogP contribution in [-0.4, -0.2) is 36.4 Å². The van der Waals surface area contributed by atoms with Crippen molar-refractivity contribution in [2.75, 3.05) is 18.5 Å². The second kappa shape index (κ2) is 6.78. The van der Waals surface area contributed by atoms with Crippen LogP contribution in [0.2, 0.25) is 0 Å². The molecule has 0 saturated heterocycles. The van der Waals surface area contributed by atoms with Gasteiger partial charge in [0.15, 0.2) is 6.10 Å². The molecule has 0 fully saturated rings. The first-order valence-electron chi connectivity index (χ1n) is 7.89. The maximum Gasteiger partial charge on any atom is 0.267 e. The van der Waals surface area contributed by atoms with Crippen molar-refractivity contribution < 1.29 is 18.7 Å². The summed E-state index contributed by atoms with van der Waals surface area (Å²) in [6.45, 7) is 2.46. The Morgan fingerprint density at radius 2 is 2.04 bits per heavy atom. The standard InChI is InChI=1S/C18H20N2O4/c1-13-18(22)20(15-7-3-4-8-16(15)24-13)10-9-17(21)19(2)12-14-6-5-11-23-14/h3-8,11,13H,9-10,12H2,1-2H3. The van der Waals surface area contributed by atoms with Crippen LogP contribution in [-0.2, 0) is 16.1 Å². The van der Waals surface area contributed by atoms with E-state index < -0.39 is 6.10 Å². The summed E-state index contributed by atoms with van der Waals surface area (Å²) in [5.74, 6) is 1.22. The third kappa shape index (κ3) is 3.27. The predicted octanol–water partition coefficient (Wildman–Crippen LogP) is 2.44. The van der Waals surface area contributed by atoms with Crippen LogP contribution < -0.4 is 9.64 Å². The topological polar surface area (TPSA) is 63.0 Å². The number of carbonyl (C=O) groups excluding carboxylic acids is 2. The quantitative estimate of drug-likeness (QED) is 0.846. The number of nitrogens with zero attached hydrogens (tertiary/aromatic N) is 2. The molecule has 0 radical (unpaired) electrons. The van der Waals surface area contributed by atoms with E-state index in [0.717, 1.165) is 5.76 Å². The molecule has 126 valence electrons. The van der Waals surface area contributed by atoms with Gasteiger partial charge in [0.05, 0.1) is 18.5 Å². The van der Waals surface area contributed by atoms with Crippen molar-refractivity contribution in [3.63, 3.8) is 0 Å². The van der Waals surface area contributed by atoms with Gasteiger partial charge in [0.2, 0.25) is 5.91 Å². The second-order valence-corrected chi connectivity index (χ2v) is 5.80. The van der Waals surface area contributed by atoms with Crippen LogP contribution in [0.15, 0.2) is 47.1 Å². The Balaban J connectivity index is 1.65. The van der Waals surface area contributed by atoms with Gasteiger partial charge in [-0.3, -0.25) is 9.59 Å². The van der Waals surface area contributed by atoms with Crippen LogP contribution in [0.4, 0.5) is 5.69 Å². The lowest BCUT2D eigenvalue weighted by atomic mass is 10.1. The zero-order valence-corrected chi connectivity index (χ0v) is 13.8. The Morgan fingerprint density at radius 3 is 2.79 bits per heavy atom. The molecule has 1 aliphatic rings. The fraction of sp³-hybridized carbons (Fsp3) is 0.333. The molecule has 24 heavy (non-hydrogen) atoms. The number of benzene rings is 1. The maximum absolute atomic E-state index is 12.4. The fourth-order valence-electron chi connectivity index (χ4n) is 2.71. The van der Waals surface area contributed by atoms with Crippen LogP contribution in [0, 0.1) is 0 Å². The molecule has 1 unspecified atom stereocenters. The summed E-state index contributed by atoms with van der Waals surface area (Å²) in [5, 5.41) is 0. The molecule has 0 saturated carbocycles. The van der Waals surface area contributed by atoms with Crippen LogP contribution in [0.1, 0.15) is 19.1 Å². The van der Waals surface area contributed by atoms with Gasteiger partial charge in [-0.25, -0.2) is 0 Å². The van der Waals surface area contributed by atoms with E-state index in [4.69, 9.17) is 9.15 Å². The van der Waals surface area contributed by atoms with E-state index in [9.17, 15) is 9.59 Å². The van der Waals surface area contributed by atoms with Crippen molar-refractivity contribution in [3.05, 3.63) is 48.4 Å². The van der Waals surface area contributed by atoms with Crippen LogP contribution in [0.25, 0.3) is 0 Å². The van der Waals surface area contributed by atoms with E-state index >= 15 is 0 Å². The molecular weight excluding hydrogens is 308 g/mol. The smallest absolute Gasteiger partial charge is 0.267 e. The first-order chi connectivity index (χ1) is 11.6. The van der Waals surface area contributed by atoms with Gasteiger partial charge in [-0.1, -0.05) is 12.1 Å². The third-order valence-electron chi connectivity index (χ3n) is 4.02. The largest absolute Gasteiger partial charge is 0.479 e. The van der Waals surface area contributed by atoms with E-state index in [2.05, 4.69) is 0 Å². The molecule has 1 atom stereocenters. The molecule has 6 nitrogen and oxygen atoms in total. The van der Waals surface area contributed by atoms with E-state index in [1.54, 1.807) is 36.1 Å². The summed E-state index contributed by atoms with van der Waals surface area (Å²) in [5.41, 5.74) is 0.710. The zero-order valence-electron chi connectivity index (χ0n) is 13.8. The minimum absolute atomic E-state index is 0.0455. The number of fused-ring (bicyclic) bond motifs is 1. The number of amides is 2. The first kappa shape index (κ1) is 16.1. The summed E-state index contributed by atoms with van der Waals surface area (Å²) in [6, 6.07) is 11.0. The van der Waals surface area contributed by atoms with E-state index in [1.165, 1.54) is 0 Å². The van der Waals surface area contributed by atoms with Gasteiger partial charge in [-0.15, -0.1) is 0 Å². The zero-order chi connectivity index (χ0) is 17.1. The van der Waals surface area contributed by atoms with Crippen molar-refractivity contribution >= 4 is 17.5 Å². The Bertz CT molecular complexity index is 726. The molecule has 0 aliphatic carbocycles. The third-order valence-corrected chi connectivity index (χ3v) is 4.02. The van der Waals surface area contributed by atoms with Crippen LogP contribution >= 0.6 is 0 Å². The molecule has 0 bridgehead atoms. The maximum atomic E-state index is 12.4. The van der Waals surface area contributed by atoms with Crippen molar-refractivity contribution in [1.29, 1.82) is 0 Å². The summed E-state index contributed by atoms with van der Waals surface area (Å²) in [6.07, 6.45) is 1.28. The molecule has 1 aromatic carbocycles. The molecule has 2 aromatic rings. The highest BCUT2D eigenvalue weighted by atomic mass is 16.5. The van der Waals surface area contributed by atoms with E-state index in [0.29, 0.717) is 24.5 Å². The normalized spacial score (nSPS) is 16.5. The summed E-state index contributed by atoms with van der Waals surface area (Å²) >= 11 is 0. The van der Waals surface area contributed by atoms with E-state index in [1.807, 2.05) is 30.3 Å². The monoisotopic (exact) mass is 328 g/mol.